The number of benzene rings is 1. The molecule has 1 aromatic rings. The number of allylic oxidation sites excluding steroid dienone is 2. The van der Waals surface area contributed by atoms with Crippen LogP contribution in [0.25, 0.3) is 0 Å². The second-order valence-corrected chi connectivity index (χ2v) is 23.9. The number of fused-ring (bicyclic) bond motifs is 1. The number of hydrogen-bond acceptors (Lipinski definition) is 11. The summed E-state index contributed by atoms with van der Waals surface area (Å²) in [5.74, 6) is 0.0438. The van der Waals surface area contributed by atoms with Crippen molar-refractivity contribution in [2.24, 2.45) is 57.2 Å². The molecule has 11 aliphatic rings. The second kappa shape index (κ2) is 14.3. The summed E-state index contributed by atoms with van der Waals surface area (Å²) < 4.78 is 6.47. The zero-order chi connectivity index (χ0) is 42.4. The fraction of sp³-hybridized carbons (Fsp3) is 0.750. The zero-order valence-electron chi connectivity index (χ0n) is 35.6. The summed E-state index contributed by atoms with van der Waals surface area (Å²) in [4.78, 5) is 31.9. The maximum absolute atomic E-state index is 15.3. The Labute approximate surface area is 362 Å². The Balaban J connectivity index is 1.15. The number of aryl methyl sites for hydroxylation is 1. The van der Waals surface area contributed by atoms with Gasteiger partial charge in [-0.2, -0.15) is 0 Å². The minimum atomic E-state index is -1.53. The normalized spacial score (nSPS) is 49.0. The monoisotopic (exact) mass is 863 g/mol. The number of aliphatic hydroxyl groups excluding tert-OH is 3. The molecule has 60 heavy (non-hydrogen) atoms. The van der Waals surface area contributed by atoms with Gasteiger partial charge in [0.25, 0.3) is 0 Å². The number of carbonyl (C=O) groups excluding carboxylic acids is 2. The molecule has 8 bridgehead atoms. The molecule has 5 heterocycles. The summed E-state index contributed by atoms with van der Waals surface area (Å²) in [5, 5.41) is 73.9. The second-order valence-electron chi connectivity index (χ2n) is 21.4. The fourth-order valence-corrected chi connectivity index (χ4v) is 18.5. The topological polar surface area (TPSA) is 171 Å². The molecule has 1 amide bonds. The van der Waals surface area contributed by atoms with Crippen molar-refractivity contribution in [1.29, 1.82) is 0 Å². The van der Waals surface area contributed by atoms with Crippen LogP contribution in [-0.4, -0.2) is 95.7 Å². The van der Waals surface area contributed by atoms with Gasteiger partial charge < -0.3 is 40.3 Å². The lowest BCUT2D eigenvalue weighted by atomic mass is 9.39. The predicted octanol–water partition coefficient (Wildman–Crippen LogP) is 6.48. The van der Waals surface area contributed by atoms with Crippen LogP contribution in [0.1, 0.15) is 110 Å². The van der Waals surface area contributed by atoms with Gasteiger partial charge in [-0.05, 0) is 135 Å². The Kier molecular flexibility index (Phi) is 10.0. The number of ether oxygens (including phenoxy) is 1. The van der Waals surface area contributed by atoms with E-state index >= 15 is 4.79 Å². The Bertz CT molecular complexity index is 2010. The molecule has 3 spiro atoms. The zero-order valence-corrected chi connectivity index (χ0v) is 37.2. The first-order valence-electron chi connectivity index (χ1n) is 23.0. The van der Waals surface area contributed by atoms with Crippen LogP contribution in [0.5, 0.6) is 5.75 Å². The van der Waals surface area contributed by atoms with Crippen molar-refractivity contribution in [3.63, 3.8) is 0 Å². The average Bonchev–Trinajstić information content (AvgIpc) is 3.89. The number of hydrogen-bond donors (Lipinski definition) is 6. The third-order valence-electron chi connectivity index (χ3n) is 18.9. The Morgan fingerprint density at radius 1 is 0.950 bits per heavy atom. The molecule has 328 valence electrons. The highest BCUT2D eigenvalue weighted by molar-refractivity contribution is 8.76. The number of phenols is 1. The molecule has 0 radical (unpaired) electrons. The van der Waals surface area contributed by atoms with E-state index in [1.54, 1.807) is 18.2 Å². The summed E-state index contributed by atoms with van der Waals surface area (Å²) in [6.45, 7) is 9.07. The van der Waals surface area contributed by atoms with Crippen LogP contribution in [0, 0.1) is 57.2 Å². The smallest absolute Gasteiger partial charge is 0.233 e. The lowest BCUT2D eigenvalue weighted by Gasteiger charge is -2.66. The van der Waals surface area contributed by atoms with Crippen LogP contribution < -0.4 is 4.90 Å². The number of epoxide rings is 1. The Morgan fingerprint density at radius 3 is 2.52 bits per heavy atom. The van der Waals surface area contributed by atoms with E-state index in [9.17, 15) is 35.4 Å². The molecule has 12 rings (SSSR count). The quantitative estimate of drug-likeness (QED) is 0.112. The third-order valence-corrected chi connectivity index (χ3v) is 21.6. The average molecular weight is 864 g/mol. The number of amides is 1. The summed E-state index contributed by atoms with van der Waals surface area (Å²) in [6.07, 6.45) is 10.1. The van der Waals surface area contributed by atoms with Gasteiger partial charge in [0, 0.05) is 35.4 Å². The first kappa shape index (κ1) is 42.1. The van der Waals surface area contributed by atoms with Gasteiger partial charge in [0.05, 0.1) is 34.7 Å². The largest absolute Gasteiger partial charge is 0.508 e. The van der Waals surface area contributed by atoms with Crippen molar-refractivity contribution in [3.05, 3.63) is 47.6 Å². The first-order chi connectivity index (χ1) is 28.5. The van der Waals surface area contributed by atoms with Crippen LogP contribution >= 0.6 is 21.6 Å². The summed E-state index contributed by atoms with van der Waals surface area (Å²) in [5.41, 5.74) is -5.84. The number of anilines is 1. The van der Waals surface area contributed by atoms with Crippen molar-refractivity contribution in [3.8, 4) is 5.75 Å². The molecule has 0 aromatic heterocycles. The van der Waals surface area contributed by atoms with E-state index in [2.05, 4.69) is 32.9 Å². The molecular formula is C48H65NO9S2. The number of carbonyl (C=O) groups is 2. The molecule has 2 saturated heterocycles. The van der Waals surface area contributed by atoms with Gasteiger partial charge in [0.15, 0.2) is 5.78 Å². The molecular weight excluding hydrogens is 799 g/mol. The van der Waals surface area contributed by atoms with Gasteiger partial charge in [-0.1, -0.05) is 74.3 Å². The molecule has 12 heteroatoms. The van der Waals surface area contributed by atoms with Gasteiger partial charge in [0.2, 0.25) is 5.91 Å². The molecule has 4 saturated carbocycles. The molecule has 5 aliphatic heterocycles. The third kappa shape index (κ3) is 5.56. The van der Waals surface area contributed by atoms with Crippen LogP contribution in [0.15, 0.2) is 42.0 Å². The molecule has 1 aromatic carbocycles. The lowest BCUT2D eigenvalue weighted by Crippen LogP contribution is -2.70. The minimum absolute atomic E-state index is 0.0687. The van der Waals surface area contributed by atoms with Crippen molar-refractivity contribution in [2.75, 3.05) is 17.2 Å². The van der Waals surface area contributed by atoms with E-state index in [1.807, 2.05) is 17.9 Å². The Hall–Kier alpha value is -1.90. The molecule has 6 N–H and O–H groups in total. The molecule has 6 fully saturated rings. The van der Waals surface area contributed by atoms with E-state index in [1.165, 1.54) is 21.6 Å². The minimum Gasteiger partial charge on any atom is -0.508 e. The SMILES string of the molecule is CC(C)[C@@H](C)[C@@H]1O[C@H]1[C@@]1(O)CC=C[C@@H]2C[C@H]3C4=CC(=O)[C@@]5(C[C@@H](O)[C@@H](O)C[C@]35C)[C@H](O)SSC[C@H]3CCCC[C@@]35CCN(C5=O)c3cc(O)cc(c3)CC[C@]23[C@@H]1CC[C@@]43O. The highest BCUT2D eigenvalue weighted by atomic mass is 33.1. The Morgan fingerprint density at radius 2 is 1.73 bits per heavy atom. The van der Waals surface area contributed by atoms with E-state index < -0.39 is 68.4 Å². The molecule has 6 aliphatic carbocycles. The maximum atomic E-state index is 15.3. The standard InChI is InChI=1S/C48H65NO9S2/c1-26(2)27(3)39-40(58-39)47(56)13-7-9-29-20-33-34-22-38(53)46(24-36(52)35(51)23-43(33,46)4)42(55)60-59-25-30-8-5-6-12-44(30)16-17-49(41(44)54)31-18-28(19-32(50)21-31)10-14-45(29)37(47)11-15-48(34,45)57/h7,9,18-19,21-22,26-27,29-30,33,35-37,39-40,42,50-52,55-57H,5-6,8,10-17,20,23-25H2,1-4H3/t27-,29-,30-,33+,35+,36-,37+,39+,40-,42-,43-,44-,45-,46+,47-,48-/m1/s1. The van der Waals surface area contributed by atoms with E-state index in [0.29, 0.717) is 74.4 Å². The van der Waals surface area contributed by atoms with Crippen LogP contribution in [-0.2, 0) is 20.7 Å². The highest BCUT2D eigenvalue weighted by Crippen LogP contribution is 2.76. The van der Waals surface area contributed by atoms with Gasteiger partial charge in [0.1, 0.15) is 22.9 Å². The molecule has 0 unspecified atom stereocenters. The maximum Gasteiger partial charge on any atom is 0.233 e. The molecule has 16 atom stereocenters. The number of aromatic hydroxyl groups is 1. The van der Waals surface area contributed by atoms with Gasteiger partial charge in [-0.3, -0.25) is 9.59 Å². The van der Waals surface area contributed by atoms with Gasteiger partial charge >= 0.3 is 0 Å². The van der Waals surface area contributed by atoms with Crippen LogP contribution in [0.4, 0.5) is 5.69 Å². The van der Waals surface area contributed by atoms with Crippen molar-refractivity contribution < 1.29 is 45.0 Å². The van der Waals surface area contributed by atoms with Crippen molar-refractivity contribution >= 4 is 39.0 Å². The van der Waals surface area contributed by atoms with Crippen LogP contribution in [0.3, 0.4) is 0 Å². The lowest BCUT2D eigenvalue weighted by molar-refractivity contribution is -0.206. The van der Waals surface area contributed by atoms with Crippen molar-refractivity contribution in [2.45, 2.75) is 152 Å². The number of ketones is 1. The van der Waals surface area contributed by atoms with Crippen LogP contribution in [0.2, 0.25) is 0 Å². The number of nitrogens with zero attached hydrogens (tertiary/aromatic N) is 1. The summed E-state index contributed by atoms with van der Waals surface area (Å²) >= 11 is 0. The highest BCUT2D eigenvalue weighted by Gasteiger charge is 2.78. The van der Waals surface area contributed by atoms with Gasteiger partial charge in [-0.15, -0.1) is 0 Å². The number of rotatable bonds is 3. The van der Waals surface area contributed by atoms with E-state index in [-0.39, 0.29) is 54.1 Å². The predicted molar refractivity (Wildman–Crippen MR) is 232 cm³/mol. The fourth-order valence-electron chi connectivity index (χ4n) is 15.3. The molecule has 10 nitrogen and oxygen atoms in total. The summed E-state index contributed by atoms with van der Waals surface area (Å²) in [6, 6.07) is 5.49. The van der Waals surface area contributed by atoms with Gasteiger partial charge in [-0.25, -0.2) is 0 Å². The van der Waals surface area contributed by atoms with Crippen molar-refractivity contribution in [1.82, 2.24) is 0 Å². The van der Waals surface area contributed by atoms with E-state index in [4.69, 9.17) is 4.74 Å². The number of aliphatic hydroxyl groups is 5. The van der Waals surface area contributed by atoms with E-state index in [0.717, 1.165) is 31.2 Å². The first-order valence-corrected chi connectivity index (χ1v) is 25.4. The summed E-state index contributed by atoms with van der Waals surface area (Å²) in [7, 11) is 2.76. The number of phenolic OH excluding ortho intramolecular Hbond substituents is 1.